The lowest BCUT2D eigenvalue weighted by atomic mass is 10.1. The second-order valence-corrected chi connectivity index (χ2v) is 8.79. The van der Waals surface area contributed by atoms with Crippen LogP contribution < -0.4 is 5.32 Å². The van der Waals surface area contributed by atoms with Crippen LogP contribution in [0.1, 0.15) is 26.3 Å². The Kier molecular flexibility index (Phi) is 5.21. The Labute approximate surface area is 127 Å². The maximum Gasteiger partial charge on any atom is 0.418 e. The van der Waals surface area contributed by atoms with Crippen LogP contribution >= 0.6 is 11.6 Å². The van der Waals surface area contributed by atoms with Gasteiger partial charge in [0.15, 0.2) is 9.84 Å². The van der Waals surface area contributed by atoms with Crippen molar-refractivity contribution in [3.05, 3.63) is 28.8 Å². The molecule has 0 unspecified atom stereocenters. The minimum atomic E-state index is -4.56. The molecule has 21 heavy (non-hydrogen) atoms. The predicted molar refractivity (Wildman–Crippen MR) is 78.5 cm³/mol. The van der Waals surface area contributed by atoms with Crippen molar-refractivity contribution >= 4 is 27.1 Å². The van der Waals surface area contributed by atoms with Crippen molar-refractivity contribution in [3.63, 3.8) is 0 Å². The van der Waals surface area contributed by atoms with Crippen molar-refractivity contribution in [2.45, 2.75) is 31.7 Å². The molecule has 1 rings (SSSR count). The van der Waals surface area contributed by atoms with E-state index in [1.807, 2.05) is 0 Å². The molecule has 1 aromatic carbocycles. The Morgan fingerprint density at radius 1 is 1.19 bits per heavy atom. The molecule has 8 heteroatoms. The SMILES string of the molecule is CC(C)(C)S(=O)(=O)CCNc1c(Cl)cccc1C(F)(F)F. The largest absolute Gasteiger partial charge is 0.418 e. The molecular weight excluding hydrogens is 327 g/mol. The number of hydrogen-bond donors (Lipinski definition) is 1. The molecule has 0 spiro atoms. The lowest BCUT2D eigenvalue weighted by Gasteiger charge is -2.20. The zero-order valence-electron chi connectivity index (χ0n) is 11.9. The van der Waals surface area contributed by atoms with Gasteiger partial charge >= 0.3 is 6.18 Å². The van der Waals surface area contributed by atoms with E-state index in [1.165, 1.54) is 12.1 Å². The molecule has 0 atom stereocenters. The number of nitrogens with one attached hydrogen (secondary N) is 1. The van der Waals surface area contributed by atoms with Gasteiger partial charge < -0.3 is 5.32 Å². The molecule has 0 aliphatic carbocycles. The third kappa shape index (κ3) is 4.51. The molecule has 1 aromatic rings. The maximum atomic E-state index is 12.9. The fourth-order valence-electron chi connectivity index (χ4n) is 1.56. The van der Waals surface area contributed by atoms with Gasteiger partial charge in [-0.2, -0.15) is 13.2 Å². The van der Waals surface area contributed by atoms with E-state index in [-0.39, 0.29) is 23.0 Å². The Hall–Kier alpha value is -0.950. The van der Waals surface area contributed by atoms with Gasteiger partial charge in [0.1, 0.15) is 0 Å². The highest BCUT2D eigenvalue weighted by Crippen LogP contribution is 2.38. The van der Waals surface area contributed by atoms with Gasteiger partial charge in [-0.25, -0.2) is 8.42 Å². The number of anilines is 1. The van der Waals surface area contributed by atoms with Crippen LogP contribution in [0.3, 0.4) is 0 Å². The quantitative estimate of drug-likeness (QED) is 0.899. The van der Waals surface area contributed by atoms with Crippen LogP contribution in [0.15, 0.2) is 18.2 Å². The molecule has 120 valence electrons. The summed E-state index contributed by atoms with van der Waals surface area (Å²) in [5.41, 5.74) is -1.21. The van der Waals surface area contributed by atoms with E-state index in [0.29, 0.717) is 0 Å². The highest BCUT2D eigenvalue weighted by atomic mass is 35.5. The monoisotopic (exact) mass is 343 g/mol. The highest BCUT2D eigenvalue weighted by molar-refractivity contribution is 7.92. The van der Waals surface area contributed by atoms with E-state index in [2.05, 4.69) is 5.32 Å². The Morgan fingerprint density at radius 2 is 1.76 bits per heavy atom. The van der Waals surface area contributed by atoms with Gasteiger partial charge in [-0.05, 0) is 32.9 Å². The number of sulfone groups is 1. The van der Waals surface area contributed by atoms with Crippen LogP contribution in [-0.2, 0) is 16.0 Å². The number of alkyl halides is 3. The number of rotatable bonds is 4. The van der Waals surface area contributed by atoms with Gasteiger partial charge in [0, 0.05) is 6.54 Å². The van der Waals surface area contributed by atoms with Crippen molar-refractivity contribution < 1.29 is 21.6 Å². The van der Waals surface area contributed by atoms with E-state index in [1.54, 1.807) is 20.8 Å². The molecule has 1 N–H and O–H groups in total. The molecule has 0 bridgehead atoms. The minimum Gasteiger partial charge on any atom is -0.382 e. The molecule has 0 saturated heterocycles. The van der Waals surface area contributed by atoms with E-state index < -0.39 is 26.3 Å². The summed E-state index contributed by atoms with van der Waals surface area (Å²) in [5, 5.41) is 2.39. The van der Waals surface area contributed by atoms with E-state index >= 15 is 0 Å². The molecular formula is C13H17ClF3NO2S. The third-order valence-electron chi connectivity index (χ3n) is 2.92. The Bertz CT molecular complexity index is 607. The molecule has 0 amide bonds. The van der Waals surface area contributed by atoms with Crippen molar-refractivity contribution in [1.29, 1.82) is 0 Å². The third-order valence-corrected chi connectivity index (χ3v) is 5.85. The topological polar surface area (TPSA) is 46.2 Å². The van der Waals surface area contributed by atoms with Crippen molar-refractivity contribution in [3.8, 4) is 0 Å². The number of benzene rings is 1. The van der Waals surface area contributed by atoms with Crippen molar-refractivity contribution in [2.75, 3.05) is 17.6 Å². The summed E-state index contributed by atoms with van der Waals surface area (Å²) in [6.07, 6.45) is -4.56. The lowest BCUT2D eigenvalue weighted by Crippen LogP contribution is -2.33. The average molecular weight is 344 g/mol. The number of halogens is 4. The van der Waals surface area contributed by atoms with E-state index in [4.69, 9.17) is 11.6 Å². The van der Waals surface area contributed by atoms with E-state index in [9.17, 15) is 21.6 Å². The maximum absolute atomic E-state index is 12.9. The molecule has 0 radical (unpaired) electrons. The summed E-state index contributed by atoms with van der Waals surface area (Å²) in [4.78, 5) is 0. The minimum absolute atomic E-state index is 0.0991. The second kappa shape index (κ2) is 6.04. The Balaban J connectivity index is 2.92. The summed E-state index contributed by atoms with van der Waals surface area (Å²) >= 11 is 5.76. The molecule has 0 aromatic heterocycles. The van der Waals surface area contributed by atoms with Gasteiger partial charge in [0.25, 0.3) is 0 Å². The van der Waals surface area contributed by atoms with Gasteiger partial charge in [-0.3, -0.25) is 0 Å². The standard InChI is InChI=1S/C13H17ClF3NO2S/c1-12(2,3)21(19,20)8-7-18-11-9(13(15,16)17)5-4-6-10(11)14/h4-6,18H,7-8H2,1-3H3. The molecule has 0 fully saturated rings. The first-order valence-electron chi connectivity index (χ1n) is 6.18. The first-order valence-corrected chi connectivity index (χ1v) is 8.21. The molecule has 3 nitrogen and oxygen atoms in total. The van der Waals surface area contributed by atoms with Crippen LogP contribution in [0.2, 0.25) is 5.02 Å². The average Bonchev–Trinajstić information content (AvgIpc) is 2.28. The van der Waals surface area contributed by atoms with Crippen molar-refractivity contribution in [1.82, 2.24) is 0 Å². The van der Waals surface area contributed by atoms with Gasteiger partial charge in [0.2, 0.25) is 0 Å². The Morgan fingerprint density at radius 3 is 2.24 bits per heavy atom. The predicted octanol–water partition coefficient (Wildman–Crippen LogP) is 3.98. The summed E-state index contributed by atoms with van der Waals surface area (Å²) < 4.78 is 61.5. The summed E-state index contributed by atoms with van der Waals surface area (Å²) in [6.45, 7) is 4.48. The molecule has 0 aliphatic heterocycles. The molecule has 0 saturated carbocycles. The first-order chi connectivity index (χ1) is 9.36. The van der Waals surface area contributed by atoms with E-state index in [0.717, 1.165) is 6.07 Å². The summed E-state index contributed by atoms with van der Waals surface area (Å²) in [6, 6.07) is 3.41. The smallest absolute Gasteiger partial charge is 0.382 e. The van der Waals surface area contributed by atoms with Crippen LogP contribution in [0.25, 0.3) is 0 Å². The highest BCUT2D eigenvalue weighted by Gasteiger charge is 2.34. The van der Waals surface area contributed by atoms with Gasteiger partial charge in [-0.15, -0.1) is 0 Å². The van der Waals surface area contributed by atoms with Crippen LogP contribution in [0.5, 0.6) is 0 Å². The van der Waals surface area contributed by atoms with Gasteiger partial charge in [-0.1, -0.05) is 17.7 Å². The zero-order valence-corrected chi connectivity index (χ0v) is 13.5. The second-order valence-electron chi connectivity index (χ2n) is 5.52. The van der Waals surface area contributed by atoms with Crippen LogP contribution in [-0.4, -0.2) is 25.5 Å². The lowest BCUT2D eigenvalue weighted by molar-refractivity contribution is -0.136. The van der Waals surface area contributed by atoms with Gasteiger partial charge in [0.05, 0.1) is 26.8 Å². The zero-order chi connectivity index (χ0) is 16.5. The summed E-state index contributed by atoms with van der Waals surface area (Å²) in [7, 11) is -3.42. The summed E-state index contributed by atoms with van der Waals surface area (Å²) in [5.74, 6) is -0.279. The van der Waals surface area contributed by atoms with Crippen LogP contribution in [0, 0.1) is 0 Å². The fourth-order valence-corrected chi connectivity index (χ4v) is 2.78. The van der Waals surface area contributed by atoms with Crippen LogP contribution in [0.4, 0.5) is 18.9 Å². The molecule has 0 aliphatic rings. The first kappa shape index (κ1) is 18.1. The normalized spacial score (nSPS) is 13.3. The number of hydrogen-bond acceptors (Lipinski definition) is 3. The van der Waals surface area contributed by atoms with Crippen molar-refractivity contribution in [2.24, 2.45) is 0 Å². The molecule has 0 heterocycles. The number of para-hydroxylation sites is 1. The fraction of sp³-hybridized carbons (Fsp3) is 0.538.